The topological polar surface area (TPSA) is 54.5 Å². The Kier molecular flexibility index (Phi) is 6.50. The molecule has 0 bridgehead atoms. The summed E-state index contributed by atoms with van der Waals surface area (Å²) in [4.78, 5) is 18.4. The predicted octanol–water partition coefficient (Wildman–Crippen LogP) is 5.99. The highest BCUT2D eigenvalue weighted by atomic mass is 35.5. The van der Waals surface area contributed by atoms with E-state index in [1.807, 2.05) is 30.3 Å². The molecular weight excluding hydrogens is 398 g/mol. The number of piperidine rings is 1. The van der Waals surface area contributed by atoms with Gasteiger partial charge in [0, 0.05) is 30.0 Å². The first-order valence-corrected chi connectivity index (χ1v) is 10.5. The number of carbonyl (C=O) groups is 1. The molecule has 0 unspecified atom stereocenters. The van der Waals surface area contributed by atoms with Crippen LogP contribution >= 0.6 is 11.6 Å². The van der Waals surface area contributed by atoms with Crippen LogP contribution in [0, 0.1) is 0 Å². The van der Waals surface area contributed by atoms with Crippen LogP contribution in [0.4, 0.5) is 16.3 Å². The van der Waals surface area contributed by atoms with Gasteiger partial charge in [0.2, 0.25) is 0 Å². The molecule has 1 amide bonds. The third-order valence-corrected chi connectivity index (χ3v) is 5.57. The Hall–Kier alpha value is -3.05. The lowest BCUT2D eigenvalue weighted by Gasteiger charge is -2.31. The van der Waals surface area contributed by atoms with E-state index in [0.29, 0.717) is 30.6 Å². The molecule has 2 heterocycles. The second kappa shape index (κ2) is 9.63. The van der Waals surface area contributed by atoms with Gasteiger partial charge in [0.1, 0.15) is 12.4 Å². The molecule has 1 aliphatic rings. The summed E-state index contributed by atoms with van der Waals surface area (Å²) in [5, 5.41) is 3.91. The van der Waals surface area contributed by atoms with E-state index >= 15 is 0 Å². The summed E-state index contributed by atoms with van der Waals surface area (Å²) in [6.45, 7) is 1.74. The van der Waals surface area contributed by atoms with Gasteiger partial charge in [-0.15, -0.1) is 0 Å². The van der Waals surface area contributed by atoms with Gasteiger partial charge in [-0.05, 0) is 54.2 Å². The van der Waals surface area contributed by atoms with E-state index in [9.17, 15) is 4.79 Å². The number of carbonyl (C=O) groups excluding carboxylic acids is 1. The maximum atomic E-state index is 12.3. The molecule has 1 fully saturated rings. The number of rotatable bonds is 5. The van der Waals surface area contributed by atoms with Gasteiger partial charge in [-0.1, -0.05) is 54.1 Å². The third kappa shape index (κ3) is 5.30. The average molecular weight is 422 g/mol. The molecular formula is C24H24ClN3O2. The molecule has 0 spiro atoms. The predicted molar refractivity (Wildman–Crippen MR) is 119 cm³/mol. The Morgan fingerprint density at radius 2 is 1.80 bits per heavy atom. The molecule has 0 aliphatic carbocycles. The highest BCUT2D eigenvalue weighted by molar-refractivity contribution is 6.30. The first-order valence-electron chi connectivity index (χ1n) is 10.1. The smallest absolute Gasteiger partial charge is 0.410 e. The van der Waals surface area contributed by atoms with Crippen molar-refractivity contribution in [2.45, 2.75) is 25.4 Å². The minimum atomic E-state index is -0.231. The molecule has 0 saturated carbocycles. The SMILES string of the molecule is O=C(OCc1ccccc1)N1CCC(c2ccc(Nc3cc(Cl)ccn3)cc2)CC1. The van der Waals surface area contributed by atoms with Gasteiger partial charge in [-0.2, -0.15) is 0 Å². The zero-order valence-corrected chi connectivity index (χ0v) is 17.4. The summed E-state index contributed by atoms with van der Waals surface area (Å²) in [6, 6.07) is 21.7. The molecule has 1 saturated heterocycles. The number of hydrogen-bond donors (Lipinski definition) is 1. The molecule has 1 aliphatic heterocycles. The van der Waals surface area contributed by atoms with E-state index in [-0.39, 0.29) is 6.09 Å². The van der Waals surface area contributed by atoms with Crippen molar-refractivity contribution in [3.8, 4) is 0 Å². The van der Waals surface area contributed by atoms with E-state index in [1.54, 1.807) is 23.2 Å². The molecule has 1 N–H and O–H groups in total. The first kappa shape index (κ1) is 20.2. The highest BCUT2D eigenvalue weighted by Gasteiger charge is 2.24. The fourth-order valence-corrected chi connectivity index (χ4v) is 3.83. The lowest BCUT2D eigenvalue weighted by atomic mass is 9.89. The van der Waals surface area contributed by atoms with Gasteiger partial charge in [0.05, 0.1) is 0 Å². The standard InChI is InChI=1S/C24H24ClN3O2/c25-21-10-13-26-23(16-21)27-22-8-6-19(7-9-22)20-11-14-28(15-12-20)24(29)30-17-18-4-2-1-3-5-18/h1-10,13,16,20H,11-12,14-15,17H2,(H,26,27). The Balaban J connectivity index is 1.27. The summed E-state index contributed by atoms with van der Waals surface area (Å²) in [7, 11) is 0. The highest BCUT2D eigenvalue weighted by Crippen LogP contribution is 2.29. The number of anilines is 2. The van der Waals surface area contributed by atoms with Crippen LogP contribution in [0.2, 0.25) is 5.02 Å². The summed E-state index contributed by atoms with van der Waals surface area (Å²) in [5.74, 6) is 1.17. The van der Waals surface area contributed by atoms with Crippen LogP contribution in [-0.2, 0) is 11.3 Å². The fraction of sp³-hybridized carbons (Fsp3) is 0.250. The number of nitrogens with one attached hydrogen (secondary N) is 1. The number of halogens is 1. The second-order valence-corrected chi connectivity index (χ2v) is 7.84. The third-order valence-electron chi connectivity index (χ3n) is 5.33. The monoisotopic (exact) mass is 421 g/mol. The number of aromatic nitrogens is 1. The minimum Gasteiger partial charge on any atom is -0.445 e. The number of hydrogen-bond acceptors (Lipinski definition) is 4. The second-order valence-electron chi connectivity index (χ2n) is 7.41. The Labute approximate surface area is 181 Å². The van der Waals surface area contributed by atoms with Crippen LogP contribution < -0.4 is 5.32 Å². The van der Waals surface area contributed by atoms with E-state index in [2.05, 4.69) is 34.6 Å². The molecule has 5 nitrogen and oxygen atoms in total. The van der Waals surface area contributed by atoms with Crippen LogP contribution in [-0.4, -0.2) is 29.1 Å². The molecule has 3 aromatic rings. The molecule has 1 aromatic heterocycles. The zero-order valence-electron chi connectivity index (χ0n) is 16.6. The summed E-state index contributed by atoms with van der Waals surface area (Å²) < 4.78 is 5.45. The van der Waals surface area contributed by atoms with Crippen LogP contribution in [0.5, 0.6) is 0 Å². The van der Waals surface area contributed by atoms with Gasteiger partial charge in [-0.25, -0.2) is 9.78 Å². The Bertz CT molecular complexity index is 971. The van der Waals surface area contributed by atoms with E-state index < -0.39 is 0 Å². The lowest BCUT2D eigenvalue weighted by molar-refractivity contribution is 0.0870. The van der Waals surface area contributed by atoms with Gasteiger partial charge in [0.25, 0.3) is 0 Å². The van der Waals surface area contributed by atoms with Crippen molar-refractivity contribution in [3.05, 3.63) is 89.1 Å². The molecule has 0 radical (unpaired) electrons. The minimum absolute atomic E-state index is 0.231. The van der Waals surface area contributed by atoms with Gasteiger partial charge < -0.3 is 15.0 Å². The molecule has 0 atom stereocenters. The largest absolute Gasteiger partial charge is 0.445 e. The van der Waals surface area contributed by atoms with Crippen molar-refractivity contribution in [1.29, 1.82) is 0 Å². The Morgan fingerprint density at radius 1 is 1.07 bits per heavy atom. The summed E-state index contributed by atoms with van der Waals surface area (Å²) in [5.41, 5.74) is 3.26. The van der Waals surface area contributed by atoms with Gasteiger partial charge >= 0.3 is 6.09 Å². The quantitative estimate of drug-likeness (QED) is 0.549. The molecule has 2 aromatic carbocycles. The van der Waals surface area contributed by atoms with Gasteiger partial charge in [-0.3, -0.25) is 0 Å². The number of pyridine rings is 1. The van der Waals surface area contributed by atoms with Crippen molar-refractivity contribution in [1.82, 2.24) is 9.88 Å². The fourth-order valence-electron chi connectivity index (χ4n) is 3.67. The molecule has 6 heteroatoms. The maximum Gasteiger partial charge on any atom is 0.410 e. The average Bonchev–Trinajstić information content (AvgIpc) is 2.79. The van der Waals surface area contributed by atoms with E-state index in [1.165, 1.54) is 5.56 Å². The van der Waals surface area contributed by atoms with E-state index in [0.717, 1.165) is 29.9 Å². The molecule has 154 valence electrons. The van der Waals surface area contributed by atoms with Crippen LogP contribution in [0.1, 0.15) is 29.9 Å². The Morgan fingerprint density at radius 3 is 2.50 bits per heavy atom. The van der Waals surface area contributed by atoms with Crippen LogP contribution in [0.15, 0.2) is 72.9 Å². The van der Waals surface area contributed by atoms with Crippen molar-refractivity contribution >= 4 is 29.2 Å². The lowest BCUT2D eigenvalue weighted by Crippen LogP contribution is -2.38. The number of nitrogens with zero attached hydrogens (tertiary/aromatic N) is 2. The maximum absolute atomic E-state index is 12.3. The first-order chi connectivity index (χ1) is 14.7. The number of likely N-dealkylation sites (tertiary alicyclic amines) is 1. The number of amides is 1. The van der Waals surface area contributed by atoms with Crippen LogP contribution in [0.25, 0.3) is 0 Å². The zero-order chi connectivity index (χ0) is 20.8. The van der Waals surface area contributed by atoms with Crippen molar-refractivity contribution in [3.63, 3.8) is 0 Å². The van der Waals surface area contributed by atoms with Gasteiger partial charge in [0.15, 0.2) is 0 Å². The molecule has 4 rings (SSSR count). The normalized spacial score (nSPS) is 14.4. The summed E-state index contributed by atoms with van der Waals surface area (Å²) in [6.07, 6.45) is 3.31. The van der Waals surface area contributed by atoms with Crippen molar-refractivity contribution < 1.29 is 9.53 Å². The number of ether oxygens (including phenoxy) is 1. The number of benzene rings is 2. The van der Waals surface area contributed by atoms with Crippen molar-refractivity contribution in [2.75, 3.05) is 18.4 Å². The molecule has 30 heavy (non-hydrogen) atoms. The van der Waals surface area contributed by atoms with E-state index in [4.69, 9.17) is 16.3 Å². The van der Waals surface area contributed by atoms with Crippen molar-refractivity contribution in [2.24, 2.45) is 0 Å². The summed E-state index contributed by atoms with van der Waals surface area (Å²) >= 11 is 6.01. The van der Waals surface area contributed by atoms with Crippen LogP contribution in [0.3, 0.4) is 0 Å².